The zero-order chi connectivity index (χ0) is 20.0. The van der Waals surface area contributed by atoms with Crippen molar-refractivity contribution in [2.24, 2.45) is 0 Å². The highest BCUT2D eigenvalue weighted by atomic mass is 32.2. The van der Waals surface area contributed by atoms with Crippen molar-refractivity contribution in [3.8, 4) is 0 Å². The summed E-state index contributed by atoms with van der Waals surface area (Å²) < 4.78 is 27.2. The summed E-state index contributed by atoms with van der Waals surface area (Å²) in [6, 6.07) is 9.63. The molecule has 0 unspecified atom stereocenters. The van der Waals surface area contributed by atoms with Crippen molar-refractivity contribution in [2.45, 2.75) is 49.6 Å². The molecule has 1 aliphatic carbocycles. The summed E-state index contributed by atoms with van der Waals surface area (Å²) >= 11 is 0. The lowest BCUT2D eigenvalue weighted by molar-refractivity contribution is 0.251. The van der Waals surface area contributed by atoms with Crippen LogP contribution in [0.5, 0.6) is 0 Å². The first-order valence-corrected chi connectivity index (χ1v) is 10.9. The van der Waals surface area contributed by atoms with Crippen molar-refractivity contribution in [2.75, 3.05) is 12.4 Å². The topological polar surface area (TPSA) is 91.4 Å². The van der Waals surface area contributed by atoms with E-state index in [2.05, 4.69) is 15.6 Å². The van der Waals surface area contributed by atoms with Crippen molar-refractivity contribution in [3.05, 3.63) is 54.4 Å². The van der Waals surface area contributed by atoms with Crippen LogP contribution in [0.15, 0.2) is 53.7 Å². The van der Waals surface area contributed by atoms with Crippen LogP contribution in [0, 0.1) is 0 Å². The van der Waals surface area contributed by atoms with E-state index in [0.29, 0.717) is 12.2 Å². The summed E-state index contributed by atoms with van der Waals surface area (Å²) in [5.41, 5.74) is 1.48. The first kappa shape index (κ1) is 20.3. The second-order valence-corrected chi connectivity index (χ2v) is 9.00. The minimum absolute atomic E-state index is 0.0653. The number of aromatic nitrogens is 1. The van der Waals surface area contributed by atoms with E-state index in [-0.39, 0.29) is 17.0 Å². The molecule has 0 atom stereocenters. The molecule has 150 valence electrons. The SMILES string of the molecule is CN(C1CCCCC1)S(=O)(=O)c1ccc(NC(=O)NCc2ccncc2)cc1. The van der Waals surface area contributed by atoms with Gasteiger partial charge >= 0.3 is 6.03 Å². The molecule has 3 rings (SSSR count). The number of urea groups is 1. The molecule has 1 aliphatic rings. The predicted octanol–water partition coefficient (Wildman–Crippen LogP) is 3.36. The maximum absolute atomic E-state index is 12.8. The summed E-state index contributed by atoms with van der Waals surface area (Å²) in [6.45, 7) is 0.382. The van der Waals surface area contributed by atoms with Gasteiger partial charge < -0.3 is 10.6 Å². The van der Waals surface area contributed by atoms with Gasteiger partial charge in [-0.15, -0.1) is 0 Å². The van der Waals surface area contributed by atoms with E-state index >= 15 is 0 Å². The fourth-order valence-electron chi connectivity index (χ4n) is 3.38. The molecule has 1 fully saturated rings. The zero-order valence-corrected chi connectivity index (χ0v) is 16.8. The molecule has 2 N–H and O–H groups in total. The van der Waals surface area contributed by atoms with Crippen molar-refractivity contribution >= 4 is 21.7 Å². The Morgan fingerprint density at radius 1 is 1.07 bits per heavy atom. The molecule has 0 radical (unpaired) electrons. The van der Waals surface area contributed by atoms with Gasteiger partial charge in [0.2, 0.25) is 10.0 Å². The number of hydrogen-bond donors (Lipinski definition) is 2. The van der Waals surface area contributed by atoms with Crippen LogP contribution in [0.2, 0.25) is 0 Å². The third-order valence-corrected chi connectivity index (χ3v) is 7.00. The number of benzene rings is 1. The molecule has 0 spiro atoms. The quantitative estimate of drug-likeness (QED) is 0.775. The Labute approximate surface area is 166 Å². The lowest BCUT2D eigenvalue weighted by Crippen LogP contribution is -2.38. The van der Waals surface area contributed by atoms with E-state index in [9.17, 15) is 13.2 Å². The summed E-state index contributed by atoms with van der Waals surface area (Å²) in [7, 11) is -1.87. The van der Waals surface area contributed by atoms with Gasteiger partial charge in [-0.3, -0.25) is 4.98 Å². The summed E-state index contributed by atoms with van der Waals surface area (Å²) in [4.78, 5) is 16.2. The molecule has 1 saturated carbocycles. The molecule has 1 aromatic heterocycles. The average molecular weight is 403 g/mol. The van der Waals surface area contributed by atoms with E-state index in [4.69, 9.17) is 0 Å². The highest BCUT2D eigenvalue weighted by Gasteiger charge is 2.28. The number of pyridine rings is 1. The fraction of sp³-hybridized carbons (Fsp3) is 0.400. The van der Waals surface area contributed by atoms with Crippen molar-refractivity contribution < 1.29 is 13.2 Å². The molecule has 2 amide bonds. The maximum atomic E-state index is 12.8. The number of hydrogen-bond acceptors (Lipinski definition) is 4. The van der Waals surface area contributed by atoms with Crippen molar-refractivity contribution in [3.63, 3.8) is 0 Å². The second kappa shape index (κ2) is 9.16. The molecule has 0 bridgehead atoms. The Bertz CT molecular complexity index is 879. The minimum Gasteiger partial charge on any atom is -0.334 e. The van der Waals surface area contributed by atoms with Crippen LogP contribution in [0.3, 0.4) is 0 Å². The Kier molecular flexibility index (Phi) is 6.64. The Balaban J connectivity index is 1.58. The molecule has 8 heteroatoms. The van der Waals surface area contributed by atoms with Gasteiger partial charge in [-0.25, -0.2) is 13.2 Å². The normalized spacial score (nSPS) is 15.4. The highest BCUT2D eigenvalue weighted by molar-refractivity contribution is 7.89. The Morgan fingerprint density at radius 3 is 2.36 bits per heavy atom. The number of sulfonamides is 1. The van der Waals surface area contributed by atoms with Crippen LogP contribution < -0.4 is 10.6 Å². The Hall–Kier alpha value is -2.45. The van der Waals surface area contributed by atoms with Crippen LogP contribution >= 0.6 is 0 Å². The van der Waals surface area contributed by atoms with Crippen LogP contribution in [0.25, 0.3) is 0 Å². The molecule has 0 saturated heterocycles. The largest absolute Gasteiger partial charge is 0.334 e. The molecule has 0 aliphatic heterocycles. The van der Waals surface area contributed by atoms with Gasteiger partial charge in [-0.05, 0) is 54.8 Å². The van der Waals surface area contributed by atoms with E-state index in [0.717, 1.165) is 31.2 Å². The van der Waals surface area contributed by atoms with Crippen molar-refractivity contribution in [1.29, 1.82) is 0 Å². The number of anilines is 1. The summed E-state index contributed by atoms with van der Waals surface area (Å²) in [6.07, 6.45) is 8.47. The summed E-state index contributed by atoms with van der Waals surface area (Å²) in [5.74, 6) is 0. The number of amides is 2. The minimum atomic E-state index is -3.53. The lowest BCUT2D eigenvalue weighted by atomic mass is 9.96. The number of carbonyl (C=O) groups is 1. The van der Waals surface area contributed by atoms with Crippen molar-refractivity contribution in [1.82, 2.24) is 14.6 Å². The smallest absolute Gasteiger partial charge is 0.319 e. The van der Waals surface area contributed by atoms with Crippen LogP contribution in [-0.4, -0.2) is 36.8 Å². The number of rotatable bonds is 6. The van der Waals surface area contributed by atoms with E-state index in [1.165, 1.54) is 22.9 Å². The van der Waals surface area contributed by atoms with Gasteiger partial charge in [0, 0.05) is 37.7 Å². The van der Waals surface area contributed by atoms with Gasteiger partial charge in [-0.1, -0.05) is 19.3 Å². The molecular weight excluding hydrogens is 376 g/mol. The lowest BCUT2D eigenvalue weighted by Gasteiger charge is -2.30. The second-order valence-electron chi connectivity index (χ2n) is 7.00. The molecule has 1 aromatic carbocycles. The van der Waals surface area contributed by atoms with Crippen LogP contribution in [0.1, 0.15) is 37.7 Å². The maximum Gasteiger partial charge on any atom is 0.319 e. The number of nitrogens with one attached hydrogen (secondary N) is 2. The molecule has 28 heavy (non-hydrogen) atoms. The van der Waals surface area contributed by atoms with Crippen LogP contribution in [-0.2, 0) is 16.6 Å². The first-order valence-electron chi connectivity index (χ1n) is 9.48. The van der Waals surface area contributed by atoms with Gasteiger partial charge in [-0.2, -0.15) is 4.31 Å². The zero-order valence-electron chi connectivity index (χ0n) is 16.0. The Morgan fingerprint density at radius 2 is 1.71 bits per heavy atom. The third-order valence-electron chi connectivity index (χ3n) is 5.08. The first-order chi connectivity index (χ1) is 13.5. The molecule has 1 heterocycles. The van der Waals surface area contributed by atoms with Gasteiger partial charge in [0.15, 0.2) is 0 Å². The van der Waals surface area contributed by atoms with E-state index in [1.807, 2.05) is 12.1 Å². The predicted molar refractivity (Wildman–Crippen MR) is 108 cm³/mol. The fourth-order valence-corrected chi connectivity index (χ4v) is 4.79. The molecule has 7 nitrogen and oxygen atoms in total. The molecule has 2 aromatic rings. The molecular formula is C20H26N4O3S. The average Bonchev–Trinajstić information content (AvgIpc) is 2.73. The number of carbonyl (C=O) groups excluding carboxylic acids is 1. The van der Waals surface area contributed by atoms with E-state index in [1.54, 1.807) is 31.6 Å². The third kappa shape index (κ3) is 5.08. The van der Waals surface area contributed by atoms with Gasteiger partial charge in [0.05, 0.1) is 4.90 Å². The highest BCUT2D eigenvalue weighted by Crippen LogP contribution is 2.26. The van der Waals surface area contributed by atoms with Crippen LogP contribution in [0.4, 0.5) is 10.5 Å². The van der Waals surface area contributed by atoms with E-state index < -0.39 is 10.0 Å². The number of nitrogens with zero attached hydrogens (tertiary/aromatic N) is 2. The standard InChI is InChI=1S/C20H26N4O3S/c1-24(18-5-3-2-4-6-18)28(26,27)19-9-7-17(8-10-19)23-20(25)22-15-16-11-13-21-14-12-16/h7-14,18H,2-6,15H2,1H3,(H2,22,23,25). The summed E-state index contributed by atoms with van der Waals surface area (Å²) in [5, 5.41) is 5.46. The van der Waals surface area contributed by atoms with Gasteiger partial charge in [0.1, 0.15) is 0 Å². The monoisotopic (exact) mass is 402 g/mol. The van der Waals surface area contributed by atoms with Gasteiger partial charge in [0.25, 0.3) is 0 Å².